The predicted molar refractivity (Wildman–Crippen MR) is 62.5 cm³/mol. The molecule has 0 heterocycles. The number of nitrogens with one attached hydrogen (secondary N) is 1. The molecule has 0 aliphatic carbocycles. The molecule has 14 heavy (non-hydrogen) atoms. The van der Waals surface area contributed by atoms with Crippen molar-refractivity contribution in [2.24, 2.45) is 0 Å². The van der Waals surface area contributed by atoms with Crippen LogP contribution in [-0.2, 0) is 0 Å². The van der Waals surface area contributed by atoms with Crippen LogP contribution in [-0.4, -0.2) is 18.1 Å². The zero-order chi connectivity index (χ0) is 10.2. The van der Waals surface area contributed by atoms with Crippen molar-refractivity contribution in [3.8, 4) is 0 Å². The Bertz CT molecular complexity index is 265. The fourth-order valence-electron chi connectivity index (χ4n) is 1.15. The number of anilines is 1. The van der Waals surface area contributed by atoms with Gasteiger partial charge in [-0.05, 0) is 36.1 Å². The van der Waals surface area contributed by atoms with Crippen LogP contribution in [0.2, 0.25) is 0 Å². The molecule has 1 nitrogen and oxygen atoms in total. The maximum atomic E-state index is 12.8. The van der Waals surface area contributed by atoms with Gasteiger partial charge in [0.15, 0.2) is 0 Å². The SMILES string of the molecule is CCSCCCNc1cccc(F)c1. The predicted octanol–water partition coefficient (Wildman–Crippen LogP) is 3.38. The molecule has 0 saturated carbocycles. The highest BCUT2D eigenvalue weighted by Gasteiger charge is 1.93. The molecule has 0 aromatic heterocycles. The van der Waals surface area contributed by atoms with Crippen molar-refractivity contribution in [2.45, 2.75) is 13.3 Å². The Hall–Kier alpha value is -0.700. The first-order valence-corrected chi connectivity index (χ1v) is 6.05. The highest BCUT2D eigenvalue weighted by atomic mass is 32.2. The van der Waals surface area contributed by atoms with E-state index in [0.29, 0.717) is 0 Å². The van der Waals surface area contributed by atoms with E-state index >= 15 is 0 Å². The van der Waals surface area contributed by atoms with Gasteiger partial charge in [0.1, 0.15) is 5.82 Å². The smallest absolute Gasteiger partial charge is 0.125 e. The molecule has 1 aromatic rings. The van der Waals surface area contributed by atoms with Crippen LogP contribution in [0.1, 0.15) is 13.3 Å². The normalized spacial score (nSPS) is 10.1. The molecule has 0 aliphatic rings. The second-order valence-corrected chi connectivity index (χ2v) is 4.38. The van der Waals surface area contributed by atoms with Gasteiger partial charge in [-0.15, -0.1) is 0 Å². The summed E-state index contributed by atoms with van der Waals surface area (Å²) in [4.78, 5) is 0. The topological polar surface area (TPSA) is 12.0 Å². The van der Waals surface area contributed by atoms with Crippen LogP contribution in [0.3, 0.4) is 0 Å². The lowest BCUT2D eigenvalue weighted by Gasteiger charge is -2.05. The van der Waals surface area contributed by atoms with E-state index in [0.717, 1.165) is 18.7 Å². The second-order valence-electron chi connectivity index (χ2n) is 2.99. The van der Waals surface area contributed by atoms with Crippen molar-refractivity contribution in [3.63, 3.8) is 0 Å². The highest BCUT2D eigenvalue weighted by Crippen LogP contribution is 2.09. The Labute approximate surface area is 89.1 Å². The van der Waals surface area contributed by atoms with Crippen LogP contribution in [0.25, 0.3) is 0 Å². The summed E-state index contributed by atoms with van der Waals surface area (Å²) in [5.74, 6) is 2.15. The van der Waals surface area contributed by atoms with E-state index in [1.165, 1.54) is 23.6 Å². The monoisotopic (exact) mass is 213 g/mol. The molecule has 0 unspecified atom stereocenters. The average molecular weight is 213 g/mol. The average Bonchev–Trinajstić information content (AvgIpc) is 2.18. The van der Waals surface area contributed by atoms with E-state index in [2.05, 4.69) is 12.2 Å². The van der Waals surface area contributed by atoms with Gasteiger partial charge in [0.05, 0.1) is 0 Å². The van der Waals surface area contributed by atoms with Crippen LogP contribution in [0.15, 0.2) is 24.3 Å². The minimum absolute atomic E-state index is 0.182. The molecule has 0 bridgehead atoms. The first kappa shape index (κ1) is 11.4. The lowest BCUT2D eigenvalue weighted by molar-refractivity contribution is 0.628. The van der Waals surface area contributed by atoms with Gasteiger partial charge >= 0.3 is 0 Å². The summed E-state index contributed by atoms with van der Waals surface area (Å²) < 4.78 is 12.8. The van der Waals surface area contributed by atoms with Gasteiger partial charge in [-0.1, -0.05) is 13.0 Å². The molecule has 0 amide bonds. The second kappa shape index (κ2) is 6.71. The third kappa shape index (κ3) is 4.51. The Morgan fingerprint density at radius 2 is 2.29 bits per heavy atom. The lowest BCUT2D eigenvalue weighted by Crippen LogP contribution is -2.02. The Morgan fingerprint density at radius 3 is 3.00 bits per heavy atom. The molecule has 3 heteroatoms. The van der Waals surface area contributed by atoms with E-state index in [4.69, 9.17) is 0 Å². The first-order valence-electron chi connectivity index (χ1n) is 4.90. The van der Waals surface area contributed by atoms with Crippen molar-refractivity contribution in [1.29, 1.82) is 0 Å². The summed E-state index contributed by atoms with van der Waals surface area (Å²) >= 11 is 1.93. The zero-order valence-corrected chi connectivity index (χ0v) is 9.24. The van der Waals surface area contributed by atoms with Crippen LogP contribution >= 0.6 is 11.8 Å². The van der Waals surface area contributed by atoms with E-state index in [9.17, 15) is 4.39 Å². The van der Waals surface area contributed by atoms with Crippen molar-refractivity contribution in [2.75, 3.05) is 23.4 Å². The van der Waals surface area contributed by atoms with Crippen LogP contribution in [0, 0.1) is 5.82 Å². The van der Waals surface area contributed by atoms with Crippen molar-refractivity contribution in [1.82, 2.24) is 0 Å². The molecule has 1 aromatic carbocycles. The Kier molecular flexibility index (Phi) is 5.45. The lowest BCUT2D eigenvalue weighted by atomic mass is 10.3. The standard InChI is InChI=1S/C11H16FNS/c1-2-14-8-4-7-13-11-6-3-5-10(12)9-11/h3,5-6,9,13H,2,4,7-8H2,1H3. The Morgan fingerprint density at radius 1 is 1.43 bits per heavy atom. The molecule has 0 aliphatic heterocycles. The summed E-state index contributed by atoms with van der Waals surface area (Å²) in [7, 11) is 0. The third-order valence-corrected chi connectivity index (χ3v) is 2.81. The number of rotatable bonds is 6. The summed E-state index contributed by atoms with van der Waals surface area (Å²) in [6, 6.07) is 6.58. The van der Waals surface area contributed by atoms with Crippen molar-refractivity contribution < 1.29 is 4.39 Å². The van der Waals surface area contributed by atoms with Gasteiger partial charge in [0, 0.05) is 12.2 Å². The molecule has 1 N–H and O–H groups in total. The fourth-order valence-corrected chi connectivity index (χ4v) is 1.79. The molecular weight excluding hydrogens is 197 g/mol. The maximum Gasteiger partial charge on any atom is 0.125 e. The molecular formula is C11H16FNS. The highest BCUT2D eigenvalue weighted by molar-refractivity contribution is 7.99. The number of halogens is 1. The van der Waals surface area contributed by atoms with Crippen molar-refractivity contribution >= 4 is 17.4 Å². The van der Waals surface area contributed by atoms with E-state index < -0.39 is 0 Å². The minimum Gasteiger partial charge on any atom is -0.385 e. The summed E-state index contributed by atoms with van der Waals surface area (Å²) in [5, 5.41) is 3.19. The number of hydrogen-bond acceptors (Lipinski definition) is 2. The van der Waals surface area contributed by atoms with Gasteiger partial charge in [0.25, 0.3) is 0 Å². The maximum absolute atomic E-state index is 12.8. The largest absolute Gasteiger partial charge is 0.385 e. The van der Waals surface area contributed by atoms with Gasteiger partial charge < -0.3 is 5.32 Å². The molecule has 0 atom stereocenters. The zero-order valence-electron chi connectivity index (χ0n) is 8.42. The molecule has 0 fully saturated rings. The van der Waals surface area contributed by atoms with Gasteiger partial charge in [-0.25, -0.2) is 4.39 Å². The number of hydrogen-bond donors (Lipinski definition) is 1. The number of thioether (sulfide) groups is 1. The molecule has 0 spiro atoms. The van der Waals surface area contributed by atoms with E-state index in [-0.39, 0.29) is 5.82 Å². The van der Waals surface area contributed by atoms with Crippen LogP contribution in [0.5, 0.6) is 0 Å². The van der Waals surface area contributed by atoms with E-state index in [1.54, 1.807) is 6.07 Å². The van der Waals surface area contributed by atoms with Crippen LogP contribution in [0.4, 0.5) is 10.1 Å². The van der Waals surface area contributed by atoms with E-state index in [1.807, 2.05) is 17.8 Å². The third-order valence-electron chi connectivity index (χ3n) is 1.82. The molecule has 0 radical (unpaired) electrons. The summed E-state index contributed by atoms with van der Waals surface area (Å²) in [5.41, 5.74) is 0.867. The molecule has 1 rings (SSSR count). The quantitative estimate of drug-likeness (QED) is 0.727. The summed E-state index contributed by atoms with van der Waals surface area (Å²) in [6.07, 6.45) is 1.12. The minimum atomic E-state index is -0.182. The van der Waals surface area contributed by atoms with Gasteiger partial charge in [-0.2, -0.15) is 11.8 Å². The fraction of sp³-hybridized carbons (Fsp3) is 0.455. The molecule has 0 saturated heterocycles. The Balaban J connectivity index is 2.18. The van der Waals surface area contributed by atoms with Crippen LogP contribution < -0.4 is 5.32 Å². The molecule has 78 valence electrons. The first-order chi connectivity index (χ1) is 6.83. The van der Waals surface area contributed by atoms with Crippen molar-refractivity contribution in [3.05, 3.63) is 30.1 Å². The van der Waals surface area contributed by atoms with Gasteiger partial charge in [-0.3, -0.25) is 0 Å². The number of benzene rings is 1. The summed E-state index contributed by atoms with van der Waals surface area (Å²) in [6.45, 7) is 3.07. The van der Waals surface area contributed by atoms with Gasteiger partial charge in [0.2, 0.25) is 0 Å².